The van der Waals surface area contributed by atoms with Crippen LogP contribution in [0.2, 0.25) is 5.02 Å². The molecule has 0 unspecified atom stereocenters. The smallest absolute Gasteiger partial charge is 0.392 e. The van der Waals surface area contributed by atoms with Crippen LogP contribution in [0.15, 0.2) is 48.9 Å². The number of carbonyl (C=O) groups excluding carboxylic acids is 1. The fourth-order valence-electron chi connectivity index (χ4n) is 2.92. The van der Waals surface area contributed by atoms with E-state index >= 15 is 0 Å². The van der Waals surface area contributed by atoms with E-state index < -0.39 is 24.4 Å². The highest BCUT2D eigenvalue weighted by molar-refractivity contribution is 6.31. The molecule has 0 aliphatic heterocycles. The molecular weight excluding hydrogens is 516 g/mol. The third-order valence-electron chi connectivity index (χ3n) is 4.59. The van der Waals surface area contributed by atoms with Gasteiger partial charge in [0.1, 0.15) is 23.0 Å². The van der Waals surface area contributed by atoms with Gasteiger partial charge in [0.05, 0.1) is 18.6 Å². The molecule has 0 atom stereocenters. The maximum atomic E-state index is 13.5. The summed E-state index contributed by atoms with van der Waals surface area (Å²) in [6.07, 6.45) is 7.36. The van der Waals surface area contributed by atoms with Crippen molar-refractivity contribution in [2.24, 2.45) is 0 Å². The van der Waals surface area contributed by atoms with Gasteiger partial charge in [0.15, 0.2) is 0 Å². The average molecular weight is 537 g/mol. The monoisotopic (exact) mass is 536 g/mol. The van der Waals surface area contributed by atoms with Gasteiger partial charge in [-0.1, -0.05) is 17.7 Å². The predicted octanol–water partition coefficient (Wildman–Crippen LogP) is 5.60. The summed E-state index contributed by atoms with van der Waals surface area (Å²) in [4.78, 5) is 26.0. The number of carbonyl (C=O) groups is 1. The molecule has 0 aliphatic rings. The molecule has 0 bridgehead atoms. The molecule has 37 heavy (non-hydrogen) atoms. The van der Waals surface area contributed by atoms with Gasteiger partial charge in [-0.05, 0) is 24.3 Å². The van der Waals surface area contributed by atoms with Crippen LogP contribution in [-0.4, -0.2) is 41.3 Å². The van der Waals surface area contributed by atoms with E-state index in [0.717, 1.165) is 12.1 Å². The first-order valence-electron chi connectivity index (χ1n) is 10.2. The molecule has 2 aromatic heterocycles. The van der Waals surface area contributed by atoms with Crippen molar-refractivity contribution in [2.45, 2.75) is 12.6 Å². The number of esters is 1. The van der Waals surface area contributed by atoms with E-state index in [2.05, 4.69) is 33.1 Å². The van der Waals surface area contributed by atoms with Crippen molar-refractivity contribution < 1.29 is 27.1 Å². The number of methoxy groups -OCH3 is 1. The molecule has 0 aliphatic carbocycles. The molecule has 0 radical (unpaired) electrons. The Bertz CT molecular complexity index is 1310. The van der Waals surface area contributed by atoms with Crippen molar-refractivity contribution >= 4 is 40.8 Å². The summed E-state index contributed by atoms with van der Waals surface area (Å²) in [7, 11) is 2.67. The molecule has 0 saturated carbocycles. The van der Waals surface area contributed by atoms with Gasteiger partial charge in [-0.15, -0.1) is 12.8 Å². The van der Waals surface area contributed by atoms with Crippen LogP contribution < -0.4 is 16.0 Å². The number of nitrogens with one attached hydrogen (secondary N) is 1. The Morgan fingerprint density at radius 3 is 2.57 bits per heavy atom. The second kappa shape index (κ2) is 12.5. The number of aromatic nitrogens is 3. The van der Waals surface area contributed by atoms with E-state index in [0.29, 0.717) is 16.8 Å². The summed E-state index contributed by atoms with van der Waals surface area (Å²) >= 11 is 5.81. The first-order chi connectivity index (χ1) is 17.5. The summed E-state index contributed by atoms with van der Waals surface area (Å²) in [5.74, 6) is -1.16. The molecule has 3 aromatic rings. The lowest BCUT2D eigenvalue weighted by Crippen LogP contribution is -2.14. The first-order valence-corrected chi connectivity index (χ1v) is 10.6. The minimum Gasteiger partial charge on any atom is -0.465 e. The number of rotatable bonds is 7. The maximum Gasteiger partial charge on any atom is 0.392 e. The third-order valence-corrected chi connectivity index (χ3v) is 4.88. The zero-order valence-electron chi connectivity index (χ0n) is 19.6. The maximum absolute atomic E-state index is 13.5. The number of terminal acetylenes is 1. The molecule has 194 valence electrons. The Morgan fingerprint density at radius 2 is 1.95 bits per heavy atom. The first kappa shape index (κ1) is 28.9. The number of anilines is 4. The molecule has 13 heteroatoms. The fraction of sp³-hybridized carbons (Fsp3) is 0.167. The van der Waals surface area contributed by atoms with Gasteiger partial charge in [0.2, 0.25) is 5.95 Å². The fourth-order valence-corrected chi connectivity index (χ4v) is 3.10. The number of hydrogen-bond acceptors (Lipinski definition) is 8. The number of nitrogens with zero attached hydrogens (tertiary/aromatic N) is 4. The number of halogens is 5. The second-order valence-corrected chi connectivity index (χ2v) is 7.56. The largest absolute Gasteiger partial charge is 0.465 e. The Kier molecular flexibility index (Phi) is 9.79. The number of allylic oxidation sites excluding steroid dienone is 1. The second-order valence-electron chi connectivity index (χ2n) is 7.15. The molecule has 0 saturated heterocycles. The van der Waals surface area contributed by atoms with Crippen LogP contribution in [0.5, 0.6) is 0 Å². The normalized spacial score (nSPS) is 10.9. The number of pyridine rings is 1. The average Bonchev–Trinajstić information content (AvgIpc) is 2.86. The summed E-state index contributed by atoms with van der Waals surface area (Å²) < 4.78 is 56.0. The number of nitrogen functional groups attached to an aromatic ring is 1. The van der Waals surface area contributed by atoms with Gasteiger partial charge in [-0.2, -0.15) is 18.2 Å². The summed E-state index contributed by atoms with van der Waals surface area (Å²) in [6, 6.07) is 5.31. The van der Waals surface area contributed by atoms with Gasteiger partial charge in [-0.3, -0.25) is 0 Å². The Labute approximate surface area is 215 Å². The van der Waals surface area contributed by atoms with E-state index in [-0.39, 0.29) is 28.2 Å². The standard InChI is InChI=1S/C22H19ClF4N6O2.C2H2/c1-33(7-3-6-22(25,26)27)19-15(12-8-14(20(34)35-2)18(28)29-10-12)11-30-21(32-19)31-13-4-5-17(24)16(23)9-13;1-2/h3-5,7-11H,6H2,1-2H3,(H2,28,29)(H,30,31,32);1-2H/b7-3-;. The molecule has 8 nitrogen and oxygen atoms in total. The molecule has 0 amide bonds. The summed E-state index contributed by atoms with van der Waals surface area (Å²) in [5, 5.41) is 2.74. The van der Waals surface area contributed by atoms with Crippen molar-refractivity contribution in [3.8, 4) is 24.0 Å². The third kappa shape index (κ3) is 7.81. The molecule has 0 fully saturated rings. The molecular formula is C24H21ClF4N6O2. The number of alkyl halides is 3. The SMILES string of the molecule is C#C.COC(=O)c1cc(-c2cnc(Nc3ccc(F)c(Cl)c3)nc2N(C)/C=C\CC(F)(F)F)cnc1N. The van der Waals surface area contributed by atoms with Crippen LogP contribution in [-0.2, 0) is 4.74 Å². The zero-order valence-corrected chi connectivity index (χ0v) is 20.3. The quantitative estimate of drug-likeness (QED) is 0.228. The zero-order chi connectivity index (χ0) is 27.8. The van der Waals surface area contributed by atoms with Gasteiger partial charge in [0, 0.05) is 42.5 Å². The van der Waals surface area contributed by atoms with Crippen molar-refractivity contribution in [3.63, 3.8) is 0 Å². The van der Waals surface area contributed by atoms with Crippen LogP contribution in [0, 0.1) is 18.7 Å². The van der Waals surface area contributed by atoms with Crippen LogP contribution in [0.1, 0.15) is 16.8 Å². The van der Waals surface area contributed by atoms with Crippen LogP contribution in [0.4, 0.5) is 40.8 Å². The van der Waals surface area contributed by atoms with E-state index in [4.69, 9.17) is 22.1 Å². The highest BCUT2D eigenvalue weighted by atomic mass is 35.5. The van der Waals surface area contributed by atoms with E-state index in [1.54, 1.807) is 0 Å². The minimum absolute atomic E-state index is 0.00521. The van der Waals surface area contributed by atoms with E-state index in [1.807, 2.05) is 0 Å². The topological polar surface area (TPSA) is 106 Å². The van der Waals surface area contributed by atoms with Gasteiger partial charge >= 0.3 is 12.1 Å². The minimum atomic E-state index is -4.38. The van der Waals surface area contributed by atoms with Crippen molar-refractivity contribution in [3.05, 3.63) is 65.3 Å². The number of hydrogen-bond donors (Lipinski definition) is 2. The molecule has 3 N–H and O–H groups in total. The Balaban J connectivity index is 0.00000235. The van der Waals surface area contributed by atoms with Gasteiger partial charge in [0.25, 0.3) is 0 Å². The summed E-state index contributed by atoms with van der Waals surface area (Å²) in [6.45, 7) is 0. The lowest BCUT2D eigenvalue weighted by molar-refractivity contribution is -0.125. The van der Waals surface area contributed by atoms with Crippen molar-refractivity contribution in [1.82, 2.24) is 15.0 Å². The van der Waals surface area contributed by atoms with E-state index in [1.165, 1.54) is 55.9 Å². The van der Waals surface area contributed by atoms with Gasteiger partial charge < -0.3 is 20.7 Å². The highest BCUT2D eigenvalue weighted by Gasteiger charge is 2.25. The molecule has 1 aromatic carbocycles. The van der Waals surface area contributed by atoms with Crippen LogP contribution in [0.25, 0.3) is 11.1 Å². The van der Waals surface area contributed by atoms with Crippen molar-refractivity contribution in [1.29, 1.82) is 0 Å². The molecule has 3 rings (SSSR count). The Hall–Kier alpha value is -4.37. The summed E-state index contributed by atoms with van der Waals surface area (Å²) in [5.41, 5.74) is 6.84. The predicted molar refractivity (Wildman–Crippen MR) is 134 cm³/mol. The van der Waals surface area contributed by atoms with Gasteiger partial charge in [-0.25, -0.2) is 19.2 Å². The Morgan fingerprint density at radius 1 is 1.24 bits per heavy atom. The van der Waals surface area contributed by atoms with E-state index in [9.17, 15) is 22.4 Å². The lowest BCUT2D eigenvalue weighted by Gasteiger charge is -2.19. The van der Waals surface area contributed by atoms with Crippen LogP contribution >= 0.6 is 11.6 Å². The highest BCUT2D eigenvalue weighted by Crippen LogP contribution is 2.32. The van der Waals surface area contributed by atoms with Crippen LogP contribution in [0.3, 0.4) is 0 Å². The van der Waals surface area contributed by atoms with Crippen molar-refractivity contribution in [2.75, 3.05) is 30.1 Å². The number of benzene rings is 1. The molecule has 2 heterocycles. The lowest BCUT2D eigenvalue weighted by atomic mass is 10.1. The number of nitrogens with two attached hydrogens (primary N) is 1. The number of ether oxygens (including phenoxy) is 1. The molecule has 0 spiro atoms.